The molecule has 0 atom stereocenters. The third-order valence-corrected chi connectivity index (χ3v) is 11.2. The van der Waals surface area contributed by atoms with E-state index in [0.717, 1.165) is 33.9 Å². The van der Waals surface area contributed by atoms with Crippen molar-refractivity contribution >= 4 is 22.5 Å². The van der Waals surface area contributed by atoms with Gasteiger partial charge in [-0.15, -0.1) is 0 Å². The Hall–Kier alpha value is -5.77. The molecule has 0 N–H and O–H groups in total. The van der Waals surface area contributed by atoms with E-state index in [9.17, 15) is 0 Å². The first-order chi connectivity index (χ1) is 23.8. The molecule has 224 valence electrons. The van der Waals surface area contributed by atoms with Crippen molar-refractivity contribution in [1.82, 2.24) is 9.97 Å². The summed E-state index contributed by atoms with van der Waals surface area (Å²) in [5, 5.41) is 2.41. The lowest BCUT2D eigenvalue weighted by Crippen LogP contribution is -2.32. The van der Waals surface area contributed by atoms with Gasteiger partial charge in [0, 0.05) is 26.5 Å². The standard InChI is InChI=1S/C45H28N2S/c1-2-14-30(15-3-1)40-28-41(32-26-25-29-13-4-5-16-31(29)27-32)47-44(46-40)35-19-12-23-39-43(35)48-42-24-11-10-22-38(42)45(39)36-20-8-6-17-33(36)34-18-7-9-21-37(34)45/h1-28H. The molecule has 2 aliphatic rings. The van der Waals surface area contributed by atoms with E-state index >= 15 is 0 Å². The number of aromatic nitrogens is 2. The van der Waals surface area contributed by atoms with Crippen LogP contribution < -0.4 is 0 Å². The summed E-state index contributed by atoms with van der Waals surface area (Å²) in [5.41, 5.74) is 12.4. The van der Waals surface area contributed by atoms with Gasteiger partial charge in [-0.3, -0.25) is 0 Å². The van der Waals surface area contributed by atoms with Gasteiger partial charge in [0.1, 0.15) is 0 Å². The normalized spacial score (nSPS) is 13.5. The van der Waals surface area contributed by atoms with Gasteiger partial charge in [0.05, 0.1) is 16.8 Å². The molecule has 1 spiro atoms. The highest BCUT2D eigenvalue weighted by Crippen LogP contribution is 2.63. The lowest BCUT2D eigenvalue weighted by molar-refractivity contribution is 0.723. The van der Waals surface area contributed by atoms with Gasteiger partial charge in [-0.1, -0.05) is 163 Å². The molecule has 0 bridgehead atoms. The van der Waals surface area contributed by atoms with Crippen molar-refractivity contribution in [2.75, 3.05) is 0 Å². The number of rotatable bonds is 3. The molecule has 8 aromatic rings. The Balaban J connectivity index is 1.26. The van der Waals surface area contributed by atoms with Gasteiger partial charge in [0.15, 0.2) is 5.82 Å². The zero-order valence-corrected chi connectivity index (χ0v) is 26.8. The highest BCUT2D eigenvalue weighted by molar-refractivity contribution is 7.99. The summed E-state index contributed by atoms with van der Waals surface area (Å²) in [6.45, 7) is 0. The smallest absolute Gasteiger partial charge is 0.161 e. The molecule has 0 unspecified atom stereocenters. The monoisotopic (exact) mass is 628 g/mol. The lowest BCUT2D eigenvalue weighted by atomic mass is 9.67. The van der Waals surface area contributed by atoms with Crippen LogP contribution >= 0.6 is 11.8 Å². The molecule has 0 fully saturated rings. The Morgan fingerprint density at radius 2 is 0.979 bits per heavy atom. The second-order valence-corrected chi connectivity index (χ2v) is 13.6. The summed E-state index contributed by atoms with van der Waals surface area (Å²) in [6, 6.07) is 61.2. The number of hydrogen-bond donors (Lipinski definition) is 0. The van der Waals surface area contributed by atoms with Crippen molar-refractivity contribution in [3.05, 3.63) is 192 Å². The second kappa shape index (κ2) is 10.6. The highest BCUT2D eigenvalue weighted by Gasteiger charge is 2.50. The summed E-state index contributed by atoms with van der Waals surface area (Å²) in [6.07, 6.45) is 0. The number of nitrogens with zero attached hydrogens (tertiary/aromatic N) is 2. The molecular weight excluding hydrogens is 601 g/mol. The molecule has 7 aromatic carbocycles. The van der Waals surface area contributed by atoms with Crippen LogP contribution in [0.3, 0.4) is 0 Å². The average Bonchev–Trinajstić information content (AvgIpc) is 3.45. The Bertz CT molecular complexity index is 2510. The molecule has 2 heterocycles. The summed E-state index contributed by atoms with van der Waals surface area (Å²) in [7, 11) is 0. The molecular formula is C45H28N2S. The number of hydrogen-bond acceptors (Lipinski definition) is 3. The van der Waals surface area contributed by atoms with Crippen LogP contribution in [0.4, 0.5) is 0 Å². The molecule has 3 heteroatoms. The summed E-state index contributed by atoms with van der Waals surface area (Å²) in [4.78, 5) is 13.1. The quantitative estimate of drug-likeness (QED) is 0.195. The van der Waals surface area contributed by atoms with Crippen molar-refractivity contribution in [3.8, 4) is 45.0 Å². The van der Waals surface area contributed by atoms with Crippen LogP contribution in [-0.2, 0) is 5.41 Å². The molecule has 0 saturated carbocycles. The minimum absolute atomic E-state index is 0.446. The largest absolute Gasteiger partial charge is 0.228 e. The topological polar surface area (TPSA) is 25.8 Å². The molecule has 0 saturated heterocycles. The maximum absolute atomic E-state index is 5.35. The van der Waals surface area contributed by atoms with E-state index in [0.29, 0.717) is 0 Å². The van der Waals surface area contributed by atoms with Gasteiger partial charge in [0.2, 0.25) is 0 Å². The molecule has 1 aliphatic heterocycles. The average molecular weight is 629 g/mol. The maximum Gasteiger partial charge on any atom is 0.161 e. The molecule has 1 aromatic heterocycles. The van der Waals surface area contributed by atoms with E-state index in [2.05, 4.69) is 164 Å². The Labute approximate surface area is 283 Å². The van der Waals surface area contributed by atoms with Crippen LogP contribution in [0, 0.1) is 0 Å². The van der Waals surface area contributed by atoms with Crippen LogP contribution in [0.15, 0.2) is 180 Å². The van der Waals surface area contributed by atoms with E-state index in [1.165, 1.54) is 53.9 Å². The molecule has 1 aliphatic carbocycles. The van der Waals surface area contributed by atoms with E-state index < -0.39 is 5.41 Å². The summed E-state index contributed by atoms with van der Waals surface area (Å²) < 4.78 is 0. The third kappa shape index (κ3) is 3.95. The molecule has 0 amide bonds. The number of fused-ring (bicyclic) bond motifs is 10. The summed E-state index contributed by atoms with van der Waals surface area (Å²) >= 11 is 1.84. The fourth-order valence-corrected chi connectivity index (χ4v) is 9.17. The SMILES string of the molecule is c1ccc(-c2cc(-c3ccc4ccccc4c3)nc(-c3cccc4c3Sc3ccccc3C43c4ccccc4-c4ccccc43)n2)cc1. The van der Waals surface area contributed by atoms with Gasteiger partial charge in [0.25, 0.3) is 0 Å². The van der Waals surface area contributed by atoms with Gasteiger partial charge in [-0.25, -0.2) is 9.97 Å². The van der Waals surface area contributed by atoms with Crippen molar-refractivity contribution in [3.63, 3.8) is 0 Å². The van der Waals surface area contributed by atoms with E-state index in [1.54, 1.807) is 0 Å². The first kappa shape index (κ1) is 27.4. The van der Waals surface area contributed by atoms with Crippen LogP contribution in [-0.4, -0.2) is 9.97 Å². The molecule has 48 heavy (non-hydrogen) atoms. The zero-order valence-electron chi connectivity index (χ0n) is 26.0. The fraction of sp³-hybridized carbons (Fsp3) is 0.0222. The predicted octanol–water partition coefficient (Wildman–Crippen LogP) is 11.5. The van der Waals surface area contributed by atoms with Crippen molar-refractivity contribution in [2.45, 2.75) is 15.2 Å². The van der Waals surface area contributed by atoms with Crippen molar-refractivity contribution in [2.24, 2.45) is 0 Å². The van der Waals surface area contributed by atoms with Crippen molar-refractivity contribution < 1.29 is 0 Å². The van der Waals surface area contributed by atoms with Crippen molar-refractivity contribution in [1.29, 1.82) is 0 Å². The van der Waals surface area contributed by atoms with Gasteiger partial charge < -0.3 is 0 Å². The van der Waals surface area contributed by atoms with Crippen LogP contribution in [0.2, 0.25) is 0 Å². The van der Waals surface area contributed by atoms with E-state index in [4.69, 9.17) is 9.97 Å². The fourth-order valence-electron chi connectivity index (χ4n) is 7.88. The molecule has 10 rings (SSSR count). The van der Waals surface area contributed by atoms with Crippen LogP contribution in [0.1, 0.15) is 22.3 Å². The van der Waals surface area contributed by atoms with Gasteiger partial charge >= 0.3 is 0 Å². The molecule has 2 nitrogen and oxygen atoms in total. The second-order valence-electron chi connectivity index (χ2n) is 12.5. The van der Waals surface area contributed by atoms with Crippen LogP contribution in [0.25, 0.3) is 55.8 Å². The Morgan fingerprint density at radius 1 is 0.396 bits per heavy atom. The predicted molar refractivity (Wildman–Crippen MR) is 197 cm³/mol. The van der Waals surface area contributed by atoms with Gasteiger partial charge in [-0.05, 0) is 62.4 Å². The van der Waals surface area contributed by atoms with Gasteiger partial charge in [-0.2, -0.15) is 0 Å². The minimum atomic E-state index is -0.446. The van der Waals surface area contributed by atoms with E-state index in [-0.39, 0.29) is 0 Å². The third-order valence-electron chi connectivity index (χ3n) is 9.96. The Morgan fingerprint density at radius 3 is 1.75 bits per heavy atom. The summed E-state index contributed by atoms with van der Waals surface area (Å²) in [5.74, 6) is 0.734. The lowest BCUT2D eigenvalue weighted by Gasteiger charge is -2.40. The van der Waals surface area contributed by atoms with E-state index in [1.807, 2.05) is 17.8 Å². The first-order valence-corrected chi connectivity index (χ1v) is 17.1. The zero-order chi connectivity index (χ0) is 31.7. The highest BCUT2D eigenvalue weighted by atomic mass is 32.2. The first-order valence-electron chi connectivity index (χ1n) is 16.3. The maximum atomic E-state index is 5.35. The minimum Gasteiger partial charge on any atom is -0.228 e. The number of benzene rings is 7. The Kier molecular flexibility index (Phi) is 6.06. The molecule has 0 radical (unpaired) electrons. The van der Waals surface area contributed by atoms with Crippen LogP contribution in [0.5, 0.6) is 0 Å².